The monoisotopic (exact) mass is 256 g/mol. The molecule has 0 aliphatic rings. The number of H-pyrrole nitrogens is 1. The number of halogens is 1. The minimum atomic E-state index is -0.271. The van der Waals surface area contributed by atoms with E-state index in [0.29, 0.717) is 12.4 Å². The van der Waals surface area contributed by atoms with Crippen LogP contribution in [0.5, 0.6) is 0 Å². The molecule has 0 fully saturated rings. The first-order chi connectivity index (χ1) is 9.19. The number of nitrogens with zero attached hydrogens (tertiary/aromatic N) is 2. The fraction of sp³-hybridized carbons (Fsp3) is 0.143. The van der Waals surface area contributed by atoms with Gasteiger partial charge in [0.2, 0.25) is 0 Å². The molecular weight excluding hydrogens is 243 g/mol. The molecule has 96 valence electrons. The predicted octanol–water partition coefficient (Wildman–Crippen LogP) is 2.53. The van der Waals surface area contributed by atoms with Crippen LogP contribution in [0.15, 0.2) is 30.5 Å². The van der Waals surface area contributed by atoms with Crippen LogP contribution in [0, 0.1) is 12.7 Å². The van der Waals surface area contributed by atoms with Crippen molar-refractivity contribution in [3.8, 4) is 11.4 Å². The van der Waals surface area contributed by atoms with Gasteiger partial charge in [-0.3, -0.25) is 0 Å². The van der Waals surface area contributed by atoms with Crippen molar-refractivity contribution in [3.63, 3.8) is 0 Å². The summed E-state index contributed by atoms with van der Waals surface area (Å²) in [5.74, 6) is 0.308. The molecule has 0 aliphatic heterocycles. The van der Waals surface area contributed by atoms with Crippen molar-refractivity contribution >= 4 is 11.0 Å². The number of aromatic amines is 1. The highest BCUT2D eigenvalue weighted by molar-refractivity contribution is 5.83. The van der Waals surface area contributed by atoms with E-state index in [0.717, 1.165) is 27.9 Å². The SMILES string of the molecule is Cc1nc(-c2ccc(F)cc2)nc2[nH]cc(CN)c12. The van der Waals surface area contributed by atoms with Gasteiger partial charge in [0, 0.05) is 23.7 Å². The summed E-state index contributed by atoms with van der Waals surface area (Å²) >= 11 is 0. The lowest BCUT2D eigenvalue weighted by Crippen LogP contribution is -1.98. The number of hydrogen-bond donors (Lipinski definition) is 2. The Balaban J connectivity index is 2.18. The maximum absolute atomic E-state index is 12.9. The van der Waals surface area contributed by atoms with Crippen molar-refractivity contribution < 1.29 is 4.39 Å². The summed E-state index contributed by atoms with van der Waals surface area (Å²) in [6.07, 6.45) is 1.85. The lowest BCUT2D eigenvalue weighted by Gasteiger charge is -2.04. The van der Waals surface area contributed by atoms with Gasteiger partial charge >= 0.3 is 0 Å². The molecule has 0 atom stereocenters. The van der Waals surface area contributed by atoms with Crippen LogP contribution in [0.4, 0.5) is 4.39 Å². The van der Waals surface area contributed by atoms with Crippen LogP contribution in [0.25, 0.3) is 22.4 Å². The van der Waals surface area contributed by atoms with Crippen molar-refractivity contribution in [1.82, 2.24) is 15.0 Å². The number of nitrogens with one attached hydrogen (secondary N) is 1. The van der Waals surface area contributed by atoms with E-state index in [9.17, 15) is 4.39 Å². The number of benzene rings is 1. The van der Waals surface area contributed by atoms with Gasteiger partial charge in [-0.1, -0.05) is 0 Å². The topological polar surface area (TPSA) is 67.6 Å². The van der Waals surface area contributed by atoms with Crippen LogP contribution < -0.4 is 5.73 Å². The minimum Gasteiger partial charge on any atom is -0.346 e. The molecular formula is C14H13FN4. The van der Waals surface area contributed by atoms with E-state index in [4.69, 9.17) is 5.73 Å². The van der Waals surface area contributed by atoms with Crippen molar-refractivity contribution in [3.05, 3.63) is 47.5 Å². The molecule has 3 aromatic rings. The second kappa shape index (κ2) is 4.44. The summed E-state index contributed by atoms with van der Waals surface area (Å²) < 4.78 is 12.9. The molecule has 2 aromatic heterocycles. The summed E-state index contributed by atoms with van der Waals surface area (Å²) in [5, 5.41) is 0.966. The first-order valence-electron chi connectivity index (χ1n) is 5.99. The third-order valence-electron chi connectivity index (χ3n) is 3.12. The molecule has 0 amide bonds. The smallest absolute Gasteiger partial charge is 0.161 e. The third kappa shape index (κ3) is 1.98. The Morgan fingerprint density at radius 3 is 2.63 bits per heavy atom. The molecule has 4 nitrogen and oxygen atoms in total. The summed E-state index contributed by atoms with van der Waals surface area (Å²) in [4.78, 5) is 12.0. The molecule has 0 saturated heterocycles. The fourth-order valence-corrected chi connectivity index (χ4v) is 2.18. The van der Waals surface area contributed by atoms with E-state index < -0.39 is 0 Å². The number of aromatic nitrogens is 3. The quantitative estimate of drug-likeness (QED) is 0.740. The molecule has 0 radical (unpaired) electrons. The average Bonchev–Trinajstić information content (AvgIpc) is 2.83. The molecule has 0 saturated carbocycles. The van der Waals surface area contributed by atoms with E-state index >= 15 is 0 Å². The molecule has 0 aliphatic carbocycles. The highest BCUT2D eigenvalue weighted by atomic mass is 19.1. The van der Waals surface area contributed by atoms with Crippen LogP contribution in [0.2, 0.25) is 0 Å². The average molecular weight is 256 g/mol. The molecule has 1 aromatic carbocycles. The first-order valence-corrected chi connectivity index (χ1v) is 5.99. The van der Waals surface area contributed by atoms with Crippen molar-refractivity contribution in [2.24, 2.45) is 5.73 Å². The van der Waals surface area contributed by atoms with E-state index in [-0.39, 0.29) is 5.82 Å². The zero-order valence-electron chi connectivity index (χ0n) is 10.4. The molecule has 0 unspecified atom stereocenters. The van der Waals surface area contributed by atoms with Crippen LogP contribution in [0.1, 0.15) is 11.3 Å². The van der Waals surface area contributed by atoms with Gasteiger partial charge in [0.15, 0.2) is 5.82 Å². The van der Waals surface area contributed by atoms with Gasteiger partial charge in [0.1, 0.15) is 11.5 Å². The number of hydrogen-bond acceptors (Lipinski definition) is 3. The van der Waals surface area contributed by atoms with Gasteiger partial charge in [-0.05, 0) is 36.8 Å². The molecule has 3 N–H and O–H groups in total. The summed E-state index contributed by atoms with van der Waals surface area (Å²) in [6.45, 7) is 2.37. The van der Waals surface area contributed by atoms with Crippen LogP contribution in [-0.2, 0) is 6.54 Å². The van der Waals surface area contributed by atoms with Gasteiger partial charge in [0.05, 0.1) is 5.69 Å². The molecule has 0 spiro atoms. The van der Waals surface area contributed by atoms with Gasteiger partial charge in [-0.15, -0.1) is 0 Å². The van der Waals surface area contributed by atoms with E-state index in [2.05, 4.69) is 15.0 Å². The Labute approximate surface area is 109 Å². The summed E-state index contributed by atoms with van der Waals surface area (Å²) in [6, 6.07) is 6.14. The lowest BCUT2D eigenvalue weighted by atomic mass is 10.1. The highest BCUT2D eigenvalue weighted by Gasteiger charge is 2.11. The number of fused-ring (bicyclic) bond motifs is 1. The Morgan fingerprint density at radius 1 is 1.21 bits per heavy atom. The highest BCUT2D eigenvalue weighted by Crippen LogP contribution is 2.23. The number of rotatable bonds is 2. The third-order valence-corrected chi connectivity index (χ3v) is 3.12. The van der Waals surface area contributed by atoms with Crippen LogP contribution >= 0.6 is 0 Å². The normalized spacial score (nSPS) is 11.1. The predicted molar refractivity (Wildman–Crippen MR) is 71.9 cm³/mol. The van der Waals surface area contributed by atoms with E-state index in [1.807, 2.05) is 13.1 Å². The van der Waals surface area contributed by atoms with Gasteiger partial charge in [0.25, 0.3) is 0 Å². The molecule has 2 heterocycles. The Bertz CT molecular complexity index is 731. The standard InChI is InChI=1S/C14H13FN4/c1-8-12-10(6-16)7-17-14(12)19-13(18-8)9-2-4-11(15)5-3-9/h2-5,7H,6,16H2,1H3,(H,17,18,19). The van der Waals surface area contributed by atoms with Crippen LogP contribution in [0.3, 0.4) is 0 Å². The number of nitrogens with two attached hydrogens (primary N) is 1. The van der Waals surface area contributed by atoms with Crippen molar-refractivity contribution in [2.75, 3.05) is 0 Å². The van der Waals surface area contributed by atoms with E-state index in [1.165, 1.54) is 12.1 Å². The Kier molecular flexibility index (Phi) is 2.76. The summed E-state index contributed by atoms with van der Waals surface area (Å²) in [5.41, 5.74) is 9.09. The largest absolute Gasteiger partial charge is 0.346 e. The van der Waals surface area contributed by atoms with Crippen LogP contribution in [-0.4, -0.2) is 15.0 Å². The second-order valence-electron chi connectivity index (χ2n) is 4.38. The molecule has 19 heavy (non-hydrogen) atoms. The van der Waals surface area contributed by atoms with E-state index in [1.54, 1.807) is 12.1 Å². The number of aryl methyl sites for hydroxylation is 1. The van der Waals surface area contributed by atoms with Gasteiger partial charge in [-0.2, -0.15) is 0 Å². The zero-order valence-corrected chi connectivity index (χ0v) is 10.4. The van der Waals surface area contributed by atoms with Crippen molar-refractivity contribution in [2.45, 2.75) is 13.5 Å². The molecule has 3 rings (SSSR count). The Morgan fingerprint density at radius 2 is 1.95 bits per heavy atom. The van der Waals surface area contributed by atoms with Gasteiger partial charge < -0.3 is 10.7 Å². The zero-order chi connectivity index (χ0) is 13.4. The Hall–Kier alpha value is -2.27. The second-order valence-corrected chi connectivity index (χ2v) is 4.38. The summed E-state index contributed by atoms with van der Waals surface area (Å²) in [7, 11) is 0. The maximum Gasteiger partial charge on any atom is 0.161 e. The van der Waals surface area contributed by atoms with Gasteiger partial charge in [-0.25, -0.2) is 14.4 Å². The first kappa shape index (κ1) is 11.8. The molecule has 0 bridgehead atoms. The van der Waals surface area contributed by atoms with Crippen molar-refractivity contribution in [1.29, 1.82) is 0 Å². The lowest BCUT2D eigenvalue weighted by molar-refractivity contribution is 0.628. The fourth-order valence-electron chi connectivity index (χ4n) is 2.18. The molecule has 5 heteroatoms. The minimum absolute atomic E-state index is 0.271. The maximum atomic E-state index is 12.9.